The molecule has 0 amide bonds. The third-order valence-corrected chi connectivity index (χ3v) is 2.44. The van der Waals surface area contributed by atoms with Crippen molar-refractivity contribution in [2.45, 2.75) is 47.1 Å². The van der Waals surface area contributed by atoms with Crippen LogP contribution in [0.3, 0.4) is 0 Å². The molecule has 0 aliphatic carbocycles. The van der Waals surface area contributed by atoms with Gasteiger partial charge in [0.15, 0.2) is 0 Å². The second-order valence-electron chi connectivity index (χ2n) is 5.45. The van der Waals surface area contributed by atoms with Gasteiger partial charge in [-0.1, -0.05) is 20.8 Å². The predicted molar refractivity (Wildman–Crippen MR) is 62.8 cm³/mol. The van der Waals surface area contributed by atoms with Crippen molar-refractivity contribution in [3.8, 4) is 0 Å². The average Bonchev–Trinajstić information content (AvgIpc) is 2.09. The minimum absolute atomic E-state index is 0.155. The van der Waals surface area contributed by atoms with Gasteiger partial charge in [-0.3, -0.25) is 9.69 Å². The maximum Gasteiger partial charge on any atom is 0.319 e. The summed E-state index contributed by atoms with van der Waals surface area (Å²) in [5.41, 5.74) is 0.309. The van der Waals surface area contributed by atoms with Crippen LogP contribution in [0.25, 0.3) is 0 Å². The Morgan fingerprint density at radius 1 is 1.33 bits per heavy atom. The van der Waals surface area contributed by atoms with Gasteiger partial charge < -0.3 is 4.74 Å². The van der Waals surface area contributed by atoms with Crippen molar-refractivity contribution in [1.29, 1.82) is 0 Å². The van der Waals surface area contributed by atoms with Crippen molar-refractivity contribution in [3.05, 3.63) is 0 Å². The number of esters is 1. The van der Waals surface area contributed by atoms with Gasteiger partial charge in [0.05, 0.1) is 13.7 Å². The Hall–Kier alpha value is -0.570. The van der Waals surface area contributed by atoms with Crippen LogP contribution >= 0.6 is 0 Å². The molecular formula is C12H25NO2. The lowest BCUT2D eigenvalue weighted by molar-refractivity contribution is -0.142. The first kappa shape index (κ1) is 14.4. The van der Waals surface area contributed by atoms with Gasteiger partial charge in [0.2, 0.25) is 0 Å². The fourth-order valence-corrected chi connectivity index (χ4v) is 1.23. The van der Waals surface area contributed by atoms with Gasteiger partial charge in [0.25, 0.3) is 0 Å². The summed E-state index contributed by atoms with van der Waals surface area (Å²) in [6.07, 6.45) is 1.09. The zero-order chi connectivity index (χ0) is 12.1. The van der Waals surface area contributed by atoms with E-state index in [-0.39, 0.29) is 5.97 Å². The van der Waals surface area contributed by atoms with E-state index in [0.717, 1.165) is 13.0 Å². The molecule has 0 bridgehead atoms. The van der Waals surface area contributed by atoms with E-state index in [1.807, 2.05) is 0 Å². The molecule has 0 heterocycles. The molecule has 0 radical (unpaired) electrons. The molecule has 0 rings (SSSR count). The number of methoxy groups -OCH3 is 1. The van der Waals surface area contributed by atoms with Crippen molar-refractivity contribution in [2.24, 2.45) is 5.41 Å². The zero-order valence-electron chi connectivity index (χ0n) is 11.0. The monoisotopic (exact) mass is 215 g/mol. The van der Waals surface area contributed by atoms with Gasteiger partial charge in [0.1, 0.15) is 0 Å². The normalized spacial score (nSPS) is 12.3. The summed E-state index contributed by atoms with van der Waals surface area (Å²) < 4.78 is 4.68. The highest BCUT2D eigenvalue weighted by Gasteiger charge is 2.17. The van der Waals surface area contributed by atoms with E-state index in [0.29, 0.717) is 18.0 Å². The van der Waals surface area contributed by atoms with Crippen molar-refractivity contribution >= 4 is 5.97 Å². The quantitative estimate of drug-likeness (QED) is 0.659. The molecule has 0 unspecified atom stereocenters. The first-order valence-corrected chi connectivity index (χ1v) is 5.57. The van der Waals surface area contributed by atoms with E-state index in [2.05, 4.69) is 44.3 Å². The van der Waals surface area contributed by atoms with E-state index in [1.165, 1.54) is 7.11 Å². The number of carbonyl (C=O) groups excluding carboxylic acids is 1. The Morgan fingerprint density at radius 2 is 1.87 bits per heavy atom. The molecule has 0 N–H and O–H groups in total. The van der Waals surface area contributed by atoms with E-state index in [4.69, 9.17) is 0 Å². The standard InChI is InChI=1S/C12H25NO2/c1-10(2)13(9-11(14)15-6)8-7-12(3,4)5/h10H,7-9H2,1-6H3. The molecule has 3 heteroatoms. The fourth-order valence-electron chi connectivity index (χ4n) is 1.23. The summed E-state index contributed by atoms with van der Waals surface area (Å²) in [6.45, 7) is 12.2. The Bertz CT molecular complexity index is 194. The molecule has 3 nitrogen and oxygen atoms in total. The van der Waals surface area contributed by atoms with Crippen LogP contribution < -0.4 is 0 Å². The summed E-state index contributed by atoms with van der Waals surface area (Å²) in [6, 6.07) is 0.381. The van der Waals surface area contributed by atoms with Gasteiger partial charge >= 0.3 is 5.97 Å². The smallest absolute Gasteiger partial charge is 0.319 e. The highest BCUT2D eigenvalue weighted by Crippen LogP contribution is 2.19. The van der Waals surface area contributed by atoms with Crippen molar-refractivity contribution in [3.63, 3.8) is 0 Å². The number of nitrogens with zero attached hydrogens (tertiary/aromatic N) is 1. The topological polar surface area (TPSA) is 29.5 Å². The summed E-state index contributed by atoms with van der Waals surface area (Å²) in [5.74, 6) is -0.155. The van der Waals surface area contributed by atoms with E-state index < -0.39 is 0 Å². The fraction of sp³-hybridized carbons (Fsp3) is 0.917. The maximum absolute atomic E-state index is 11.2. The van der Waals surface area contributed by atoms with Gasteiger partial charge in [-0.2, -0.15) is 0 Å². The van der Waals surface area contributed by atoms with Crippen LogP contribution in [0, 0.1) is 5.41 Å². The molecule has 90 valence electrons. The van der Waals surface area contributed by atoms with Gasteiger partial charge in [-0.05, 0) is 32.2 Å². The second kappa shape index (κ2) is 6.11. The third kappa shape index (κ3) is 7.37. The molecule has 0 aliphatic rings. The lowest BCUT2D eigenvalue weighted by Crippen LogP contribution is -2.38. The highest BCUT2D eigenvalue weighted by atomic mass is 16.5. The van der Waals surface area contributed by atoms with E-state index in [9.17, 15) is 4.79 Å². The van der Waals surface area contributed by atoms with Crippen LogP contribution in [-0.2, 0) is 9.53 Å². The molecule has 0 spiro atoms. The molecule has 0 aromatic carbocycles. The summed E-state index contributed by atoms with van der Waals surface area (Å²) in [7, 11) is 1.44. The molecule has 0 aromatic rings. The van der Waals surface area contributed by atoms with Crippen molar-refractivity contribution in [2.75, 3.05) is 20.2 Å². The van der Waals surface area contributed by atoms with Crippen LogP contribution in [-0.4, -0.2) is 37.1 Å². The second-order valence-corrected chi connectivity index (χ2v) is 5.45. The lowest BCUT2D eigenvalue weighted by Gasteiger charge is -2.28. The first-order chi connectivity index (χ1) is 6.76. The summed E-state index contributed by atoms with van der Waals surface area (Å²) in [5, 5.41) is 0. The molecule has 0 saturated heterocycles. The summed E-state index contributed by atoms with van der Waals surface area (Å²) >= 11 is 0. The molecule has 15 heavy (non-hydrogen) atoms. The SMILES string of the molecule is COC(=O)CN(CCC(C)(C)C)C(C)C. The predicted octanol–water partition coefficient (Wildman–Crippen LogP) is 2.31. The molecule has 0 aliphatic heterocycles. The zero-order valence-corrected chi connectivity index (χ0v) is 11.0. The Labute approximate surface area is 93.8 Å². The lowest BCUT2D eigenvalue weighted by atomic mass is 9.92. The molecule has 0 saturated carbocycles. The van der Waals surface area contributed by atoms with Gasteiger partial charge in [-0.15, -0.1) is 0 Å². The van der Waals surface area contributed by atoms with E-state index in [1.54, 1.807) is 0 Å². The summed E-state index contributed by atoms with van der Waals surface area (Å²) in [4.78, 5) is 13.3. The highest BCUT2D eigenvalue weighted by molar-refractivity contribution is 5.71. The third-order valence-electron chi connectivity index (χ3n) is 2.44. The molecule has 0 atom stereocenters. The number of hydrogen-bond acceptors (Lipinski definition) is 3. The van der Waals surface area contributed by atoms with Gasteiger partial charge in [-0.25, -0.2) is 0 Å². The number of ether oxygens (including phenoxy) is 1. The molecule has 0 aromatic heterocycles. The number of hydrogen-bond donors (Lipinski definition) is 0. The van der Waals surface area contributed by atoms with E-state index >= 15 is 0 Å². The van der Waals surface area contributed by atoms with Crippen LogP contribution in [0.2, 0.25) is 0 Å². The van der Waals surface area contributed by atoms with Gasteiger partial charge in [0, 0.05) is 6.04 Å². The Balaban J connectivity index is 4.11. The van der Waals surface area contributed by atoms with Crippen LogP contribution in [0.5, 0.6) is 0 Å². The largest absolute Gasteiger partial charge is 0.468 e. The van der Waals surface area contributed by atoms with Crippen LogP contribution in [0.4, 0.5) is 0 Å². The van der Waals surface area contributed by atoms with Crippen molar-refractivity contribution in [1.82, 2.24) is 4.90 Å². The molecule has 0 fully saturated rings. The maximum atomic E-state index is 11.2. The van der Waals surface area contributed by atoms with Crippen LogP contribution in [0.1, 0.15) is 41.0 Å². The first-order valence-electron chi connectivity index (χ1n) is 5.57. The minimum atomic E-state index is -0.155. The molecular weight excluding hydrogens is 190 g/mol. The Kier molecular flexibility index (Phi) is 5.88. The minimum Gasteiger partial charge on any atom is -0.468 e. The van der Waals surface area contributed by atoms with Crippen molar-refractivity contribution < 1.29 is 9.53 Å². The Morgan fingerprint density at radius 3 is 2.20 bits per heavy atom. The number of rotatable bonds is 5. The average molecular weight is 215 g/mol. The van der Waals surface area contributed by atoms with Crippen LogP contribution in [0.15, 0.2) is 0 Å². The number of carbonyl (C=O) groups is 1.